The lowest BCUT2D eigenvalue weighted by Crippen LogP contribution is -2.12. The van der Waals surface area contributed by atoms with Gasteiger partial charge in [0.1, 0.15) is 11.5 Å². The highest BCUT2D eigenvalue weighted by Gasteiger charge is 2.16. The van der Waals surface area contributed by atoms with E-state index >= 15 is 0 Å². The molecule has 0 fully saturated rings. The van der Waals surface area contributed by atoms with Gasteiger partial charge in [-0.2, -0.15) is 0 Å². The Morgan fingerprint density at radius 2 is 2.24 bits per heavy atom. The van der Waals surface area contributed by atoms with Gasteiger partial charge < -0.3 is 5.32 Å². The van der Waals surface area contributed by atoms with Gasteiger partial charge in [-0.05, 0) is 12.5 Å². The van der Waals surface area contributed by atoms with Gasteiger partial charge in [-0.3, -0.25) is 14.9 Å². The summed E-state index contributed by atoms with van der Waals surface area (Å²) in [6.45, 7) is 1.93. The number of nitrogens with zero attached hydrogens (tertiary/aromatic N) is 1. The summed E-state index contributed by atoms with van der Waals surface area (Å²) >= 11 is 0. The van der Waals surface area contributed by atoms with Crippen LogP contribution in [-0.4, -0.2) is 10.8 Å². The van der Waals surface area contributed by atoms with Crippen LogP contribution in [0.25, 0.3) is 0 Å². The van der Waals surface area contributed by atoms with Crippen molar-refractivity contribution in [3.63, 3.8) is 0 Å². The summed E-state index contributed by atoms with van der Waals surface area (Å²) in [5.74, 6) is -0.970. The fourth-order valence-electron chi connectivity index (χ4n) is 1.32. The molecule has 1 aromatic carbocycles. The van der Waals surface area contributed by atoms with Crippen molar-refractivity contribution in [3.05, 3.63) is 34.1 Å². The van der Waals surface area contributed by atoms with Gasteiger partial charge in [0, 0.05) is 18.6 Å². The minimum atomic E-state index is -0.658. The molecule has 0 aliphatic rings. The summed E-state index contributed by atoms with van der Waals surface area (Å²) in [5.41, 5.74) is -0.410. The standard InChI is InChI=1S/C11H13FN2O3/c1-2-3-4-11(15)13-9-7-8(12)5-6-10(9)14(16)17/h5-7H,2-4H2,1H3,(H,13,15). The number of anilines is 1. The molecule has 0 saturated carbocycles. The SMILES string of the molecule is CCCCC(=O)Nc1cc(F)ccc1[N+](=O)[O-]. The van der Waals surface area contributed by atoms with Crippen LogP contribution in [-0.2, 0) is 4.79 Å². The lowest BCUT2D eigenvalue weighted by molar-refractivity contribution is -0.384. The van der Waals surface area contributed by atoms with Gasteiger partial charge in [-0.15, -0.1) is 0 Å². The predicted molar refractivity (Wildman–Crippen MR) is 61.2 cm³/mol. The van der Waals surface area contributed by atoms with E-state index in [1.165, 1.54) is 0 Å². The van der Waals surface area contributed by atoms with Crippen LogP contribution < -0.4 is 5.32 Å². The number of nitro benzene ring substituents is 1. The summed E-state index contributed by atoms with van der Waals surface area (Å²) in [5, 5.41) is 13.0. The summed E-state index contributed by atoms with van der Waals surface area (Å²) in [7, 11) is 0. The molecule has 0 heterocycles. The van der Waals surface area contributed by atoms with Crippen molar-refractivity contribution in [2.24, 2.45) is 0 Å². The van der Waals surface area contributed by atoms with Crippen molar-refractivity contribution >= 4 is 17.3 Å². The smallest absolute Gasteiger partial charge is 0.292 e. The highest BCUT2D eigenvalue weighted by molar-refractivity contribution is 5.93. The third kappa shape index (κ3) is 3.82. The summed E-state index contributed by atoms with van der Waals surface area (Å²) in [6, 6.07) is 2.96. The molecule has 1 aromatic rings. The second-order valence-corrected chi connectivity index (χ2v) is 3.57. The Kier molecular flexibility index (Phi) is 4.56. The molecule has 0 aromatic heterocycles. The number of halogens is 1. The minimum absolute atomic E-state index is 0.101. The van der Waals surface area contributed by atoms with Gasteiger partial charge in [-0.1, -0.05) is 13.3 Å². The van der Waals surface area contributed by atoms with E-state index in [1.807, 2.05) is 6.92 Å². The van der Waals surface area contributed by atoms with Crippen molar-refractivity contribution in [3.8, 4) is 0 Å². The molecule has 5 nitrogen and oxygen atoms in total. The molecule has 1 N–H and O–H groups in total. The van der Waals surface area contributed by atoms with Crippen LogP contribution in [0.3, 0.4) is 0 Å². The second kappa shape index (κ2) is 5.93. The van der Waals surface area contributed by atoms with Crippen LogP contribution in [0.2, 0.25) is 0 Å². The summed E-state index contributed by atoms with van der Waals surface area (Å²) in [6.07, 6.45) is 1.80. The Hall–Kier alpha value is -1.98. The van der Waals surface area contributed by atoms with Gasteiger partial charge in [0.05, 0.1) is 4.92 Å². The second-order valence-electron chi connectivity index (χ2n) is 3.57. The Balaban J connectivity index is 2.85. The Morgan fingerprint density at radius 3 is 2.82 bits per heavy atom. The van der Waals surface area contributed by atoms with Crippen molar-refractivity contribution in [1.82, 2.24) is 0 Å². The molecule has 0 aliphatic heterocycles. The molecule has 6 heteroatoms. The lowest BCUT2D eigenvalue weighted by Gasteiger charge is -2.05. The molecular weight excluding hydrogens is 227 g/mol. The van der Waals surface area contributed by atoms with Gasteiger partial charge in [0.2, 0.25) is 5.91 Å². The zero-order valence-corrected chi connectivity index (χ0v) is 9.40. The lowest BCUT2D eigenvalue weighted by atomic mass is 10.2. The Bertz CT molecular complexity index is 435. The number of unbranched alkanes of at least 4 members (excludes halogenated alkanes) is 1. The number of benzene rings is 1. The molecule has 0 bridgehead atoms. The average molecular weight is 240 g/mol. The topological polar surface area (TPSA) is 72.2 Å². The minimum Gasteiger partial charge on any atom is -0.320 e. The number of amides is 1. The highest BCUT2D eigenvalue weighted by atomic mass is 19.1. The number of hydrogen-bond donors (Lipinski definition) is 1. The first kappa shape index (κ1) is 13.1. The molecule has 0 saturated heterocycles. The molecular formula is C11H13FN2O3. The molecule has 0 spiro atoms. The maximum atomic E-state index is 12.9. The zero-order chi connectivity index (χ0) is 12.8. The van der Waals surface area contributed by atoms with Crippen molar-refractivity contribution in [1.29, 1.82) is 0 Å². The van der Waals surface area contributed by atoms with Crippen LogP contribution in [0.15, 0.2) is 18.2 Å². The number of rotatable bonds is 5. The Labute approximate surface area is 97.8 Å². The van der Waals surface area contributed by atoms with Crippen LogP contribution in [0.4, 0.5) is 15.8 Å². The van der Waals surface area contributed by atoms with Crippen molar-refractivity contribution < 1.29 is 14.1 Å². The number of carbonyl (C=O) groups is 1. The van der Waals surface area contributed by atoms with Gasteiger partial charge in [0.25, 0.3) is 5.69 Å². The molecule has 0 radical (unpaired) electrons. The largest absolute Gasteiger partial charge is 0.320 e. The first-order chi connectivity index (χ1) is 8.04. The molecule has 0 unspecified atom stereocenters. The number of hydrogen-bond acceptors (Lipinski definition) is 3. The predicted octanol–water partition coefficient (Wildman–Crippen LogP) is 2.86. The van der Waals surface area contributed by atoms with Crippen molar-refractivity contribution in [2.75, 3.05) is 5.32 Å². The molecule has 0 atom stereocenters. The molecule has 92 valence electrons. The van der Waals surface area contributed by atoms with E-state index in [1.54, 1.807) is 0 Å². The van der Waals surface area contributed by atoms with E-state index in [2.05, 4.69) is 5.32 Å². The van der Waals surface area contributed by atoms with Crippen LogP contribution >= 0.6 is 0 Å². The average Bonchev–Trinajstić information content (AvgIpc) is 2.26. The number of nitro groups is 1. The van der Waals surface area contributed by atoms with Crippen LogP contribution in [0.5, 0.6) is 0 Å². The fraction of sp³-hybridized carbons (Fsp3) is 0.364. The van der Waals surface area contributed by atoms with Gasteiger partial charge in [-0.25, -0.2) is 4.39 Å². The normalized spacial score (nSPS) is 10.0. The number of nitrogens with one attached hydrogen (secondary N) is 1. The first-order valence-electron chi connectivity index (χ1n) is 5.28. The molecule has 17 heavy (non-hydrogen) atoms. The van der Waals surface area contributed by atoms with E-state index < -0.39 is 10.7 Å². The van der Waals surface area contributed by atoms with E-state index in [4.69, 9.17) is 0 Å². The number of carbonyl (C=O) groups excluding carboxylic acids is 1. The van der Waals surface area contributed by atoms with Crippen molar-refractivity contribution in [2.45, 2.75) is 26.2 Å². The van der Waals surface area contributed by atoms with E-state index in [0.29, 0.717) is 6.42 Å². The monoisotopic (exact) mass is 240 g/mol. The van der Waals surface area contributed by atoms with Gasteiger partial charge >= 0.3 is 0 Å². The maximum absolute atomic E-state index is 12.9. The van der Waals surface area contributed by atoms with E-state index in [-0.39, 0.29) is 23.7 Å². The first-order valence-corrected chi connectivity index (χ1v) is 5.28. The Morgan fingerprint density at radius 1 is 1.53 bits per heavy atom. The van der Waals surface area contributed by atoms with Crippen LogP contribution in [0, 0.1) is 15.9 Å². The molecule has 1 amide bonds. The molecule has 0 aliphatic carbocycles. The zero-order valence-electron chi connectivity index (χ0n) is 9.40. The summed E-state index contributed by atoms with van der Waals surface area (Å²) < 4.78 is 12.9. The summed E-state index contributed by atoms with van der Waals surface area (Å²) in [4.78, 5) is 21.4. The third-order valence-electron chi connectivity index (χ3n) is 2.19. The highest BCUT2D eigenvalue weighted by Crippen LogP contribution is 2.25. The fourth-order valence-corrected chi connectivity index (χ4v) is 1.32. The van der Waals surface area contributed by atoms with Crippen LogP contribution in [0.1, 0.15) is 26.2 Å². The third-order valence-corrected chi connectivity index (χ3v) is 2.19. The quantitative estimate of drug-likeness (QED) is 0.635. The van der Waals surface area contributed by atoms with E-state index in [9.17, 15) is 19.3 Å². The molecule has 1 rings (SSSR count). The maximum Gasteiger partial charge on any atom is 0.292 e. The van der Waals surface area contributed by atoms with E-state index in [0.717, 1.165) is 24.6 Å². The van der Waals surface area contributed by atoms with Gasteiger partial charge in [0.15, 0.2) is 0 Å².